The maximum atomic E-state index is 5.97. The summed E-state index contributed by atoms with van der Waals surface area (Å²) in [5.74, 6) is 1.07. The Morgan fingerprint density at radius 2 is 1.94 bits per heavy atom. The van der Waals surface area contributed by atoms with Gasteiger partial charge in [-0.1, -0.05) is 23.7 Å². The number of nitrogen functional groups attached to an aromatic ring is 1. The Morgan fingerprint density at radius 1 is 1.19 bits per heavy atom. The van der Waals surface area contributed by atoms with E-state index in [4.69, 9.17) is 22.1 Å². The lowest BCUT2D eigenvalue weighted by atomic mass is 10.3. The number of halogens is 1. The summed E-state index contributed by atoms with van der Waals surface area (Å²) >= 11 is 5.97. The van der Waals surface area contributed by atoms with Crippen molar-refractivity contribution in [1.29, 1.82) is 0 Å². The molecule has 0 spiro atoms. The summed E-state index contributed by atoms with van der Waals surface area (Å²) in [5.41, 5.74) is 7.05. The molecule has 0 amide bonds. The van der Waals surface area contributed by atoms with Crippen LogP contribution in [0.4, 0.5) is 5.69 Å². The smallest absolute Gasteiger partial charge is 0.219 e. The van der Waals surface area contributed by atoms with Crippen molar-refractivity contribution >= 4 is 17.3 Å². The molecule has 1 aromatic heterocycles. The van der Waals surface area contributed by atoms with E-state index < -0.39 is 0 Å². The first-order chi connectivity index (χ1) is 7.66. The number of hydrogen-bond donors (Lipinski definition) is 1. The molecular formula is C12H11ClN2O. The number of para-hydroxylation sites is 1. The first-order valence-electron chi connectivity index (χ1n) is 4.82. The summed E-state index contributed by atoms with van der Waals surface area (Å²) in [6, 6.07) is 10.7. The molecule has 1 heterocycles. The SMILES string of the molecule is Cc1nc(Oc2ccccc2Cl)ccc1N. The van der Waals surface area contributed by atoms with Gasteiger partial charge >= 0.3 is 0 Å². The zero-order valence-corrected chi connectivity index (χ0v) is 9.53. The third-order valence-electron chi connectivity index (χ3n) is 2.15. The van der Waals surface area contributed by atoms with Gasteiger partial charge in [0.15, 0.2) is 0 Å². The summed E-state index contributed by atoms with van der Waals surface area (Å²) in [6.45, 7) is 1.83. The van der Waals surface area contributed by atoms with Crippen molar-refractivity contribution in [1.82, 2.24) is 4.98 Å². The van der Waals surface area contributed by atoms with Crippen LogP contribution >= 0.6 is 11.6 Å². The van der Waals surface area contributed by atoms with Crippen LogP contribution in [-0.2, 0) is 0 Å². The average molecular weight is 235 g/mol. The van der Waals surface area contributed by atoms with Gasteiger partial charge in [0, 0.05) is 6.07 Å². The summed E-state index contributed by atoms with van der Waals surface area (Å²) < 4.78 is 5.55. The number of anilines is 1. The summed E-state index contributed by atoms with van der Waals surface area (Å²) in [6.07, 6.45) is 0. The molecule has 0 atom stereocenters. The first kappa shape index (κ1) is 10.8. The summed E-state index contributed by atoms with van der Waals surface area (Å²) in [7, 11) is 0. The molecule has 0 saturated heterocycles. The van der Waals surface area contributed by atoms with E-state index in [0.717, 1.165) is 5.69 Å². The Kier molecular flexibility index (Phi) is 2.97. The predicted molar refractivity (Wildman–Crippen MR) is 64.9 cm³/mol. The van der Waals surface area contributed by atoms with Crippen molar-refractivity contribution < 1.29 is 4.74 Å². The zero-order valence-electron chi connectivity index (χ0n) is 8.77. The van der Waals surface area contributed by atoms with Crippen molar-refractivity contribution in [3.63, 3.8) is 0 Å². The quantitative estimate of drug-likeness (QED) is 0.866. The van der Waals surface area contributed by atoms with Gasteiger partial charge in [-0.3, -0.25) is 0 Å². The van der Waals surface area contributed by atoms with Crippen molar-refractivity contribution in [2.45, 2.75) is 6.92 Å². The third-order valence-corrected chi connectivity index (χ3v) is 2.46. The average Bonchev–Trinajstić information content (AvgIpc) is 2.27. The predicted octanol–water partition coefficient (Wildman–Crippen LogP) is 3.42. The van der Waals surface area contributed by atoms with Gasteiger partial charge in [0.25, 0.3) is 0 Å². The fraction of sp³-hybridized carbons (Fsp3) is 0.0833. The molecule has 1 aromatic carbocycles. The van der Waals surface area contributed by atoms with E-state index in [9.17, 15) is 0 Å². The van der Waals surface area contributed by atoms with E-state index in [1.807, 2.05) is 19.1 Å². The van der Waals surface area contributed by atoms with Crippen molar-refractivity contribution in [3.8, 4) is 11.6 Å². The molecule has 2 N–H and O–H groups in total. The fourth-order valence-corrected chi connectivity index (χ4v) is 1.42. The minimum atomic E-state index is 0.486. The molecule has 0 fully saturated rings. The van der Waals surface area contributed by atoms with Crippen LogP contribution in [0.1, 0.15) is 5.69 Å². The monoisotopic (exact) mass is 234 g/mol. The normalized spacial score (nSPS) is 10.1. The molecule has 0 radical (unpaired) electrons. The van der Waals surface area contributed by atoms with Crippen LogP contribution < -0.4 is 10.5 Å². The van der Waals surface area contributed by atoms with E-state index in [1.54, 1.807) is 24.3 Å². The molecule has 0 saturated carbocycles. The highest BCUT2D eigenvalue weighted by atomic mass is 35.5. The lowest BCUT2D eigenvalue weighted by Gasteiger charge is -2.07. The molecule has 4 heteroatoms. The van der Waals surface area contributed by atoms with Gasteiger partial charge in [-0.2, -0.15) is 0 Å². The van der Waals surface area contributed by atoms with Gasteiger partial charge in [-0.05, 0) is 25.1 Å². The number of aryl methyl sites for hydroxylation is 1. The summed E-state index contributed by atoms with van der Waals surface area (Å²) in [4.78, 5) is 4.20. The van der Waals surface area contributed by atoms with E-state index in [0.29, 0.717) is 22.3 Å². The molecule has 0 aliphatic rings. The van der Waals surface area contributed by atoms with Crippen molar-refractivity contribution in [2.24, 2.45) is 0 Å². The Morgan fingerprint density at radius 3 is 2.62 bits per heavy atom. The number of nitrogens with zero attached hydrogens (tertiary/aromatic N) is 1. The van der Waals surface area contributed by atoms with Crippen LogP contribution in [0, 0.1) is 6.92 Å². The van der Waals surface area contributed by atoms with Crippen molar-refractivity contribution in [2.75, 3.05) is 5.73 Å². The second-order valence-electron chi connectivity index (χ2n) is 3.36. The Labute approximate surface area is 98.8 Å². The molecule has 3 nitrogen and oxygen atoms in total. The third kappa shape index (κ3) is 2.25. The second kappa shape index (κ2) is 4.41. The highest BCUT2D eigenvalue weighted by Crippen LogP contribution is 2.28. The lowest BCUT2D eigenvalue weighted by Crippen LogP contribution is -1.95. The largest absolute Gasteiger partial charge is 0.437 e. The number of rotatable bonds is 2. The number of ether oxygens (including phenoxy) is 1. The standard InChI is InChI=1S/C12H11ClN2O/c1-8-10(14)6-7-12(15-8)16-11-5-3-2-4-9(11)13/h2-7H,14H2,1H3. The lowest BCUT2D eigenvalue weighted by molar-refractivity contribution is 0.462. The van der Waals surface area contributed by atoms with Crippen LogP contribution in [-0.4, -0.2) is 4.98 Å². The maximum Gasteiger partial charge on any atom is 0.219 e. The molecule has 82 valence electrons. The number of hydrogen-bond acceptors (Lipinski definition) is 3. The van der Waals surface area contributed by atoms with Gasteiger partial charge in [-0.15, -0.1) is 0 Å². The Balaban J connectivity index is 2.28. The number of benzene rings is 1. The molecule has 0 unspecified atom stereocenters. The van der Waals surface area contributed by atoms with Crippen LogP contribution in [0.3, 0.4) is 0 Å². The van der Waals surface area contributed by atoms with Gasteiger partial charge in [0.1, 0.15) is 5.75 Å². The molecule has 2 aromatic rings. The van der Waals surface area contributed by atoms with Crippen LogP contribution in [0.15, 0.2) is 36.4 Å². The van der Waals surface area contributed by atoms with Gasteiger partial charge in [0.05, 0.1) is 16.4 Å². The molecule has 0 aliphatic carbocycles. The molecular weight excluding hydrogens is 224 g/mol. The topological polar surface area (TPSA) is 48.1 Å². The van der Waals surface area contributed by atoms with Crippen LogP contribution in [0.25, 0.3) is 0 Å². The zero-order chi connectivity index (χ0) is 11.5. The highest BCUT2D eigenvalue weighted by Gasteiger charge is 2.04. The second-order valence-corrected chi connectivity index (χ2v) is 3.76. The minimum absolute atomic E-state index is 0.486. The number of pyridine rings is 1. The van der Waals surface area contributed by atoms with E-state index in [2.05, 4.69) is 4.98 Å². The molecule has 2 rings (SSSR count). The van der Waals surface area contributed by atoms with Gasteiger partial charge in [-0.25, -0.2) is 4.98 Å². The Hall–Kier alpha value is -1.74. The van der Waals surface area contributed by atoms with Gasteiger partial charge in [0.2, 0.25) is 5.88 Å². The van der Waals surface area contributed by atoms with E-state index in [-0.39, 0.29) is 0 Å². The maximum absolute atomic E-state index is 5.97. The van der Waals surface area contributed by atoms with Gasteiger partial charge < -0.3 is 10.5 Å². The molecule has 0 bridgehead atoms. The van der Waals surface area contributed by atoms with Crippen LogP contribution in [0.2, 0.25) is 5.02 Å². The van der Waals surface area contributed by atoms with E-state index >= 15 is 0 Å². The summed E-state index contributed by atoms with van der Waals surface area (Å²) in [5, 5.41) is 0.554. The first-order valence-corrected chi connectivity index (χ1v) is 5.20. The van der Waals surface area contributed by atoms with E-state index in [1.165, 1.54) is 0 Å². The highest BCUT2D eigenvalue weighted by molar-refractivity contribution is 6.32. The number of nitrogens with two attached hydrogens (primary N) is 1. The minimum Gasteiger partial charge on any atom is -0.437 e. The van der Waals surface area contributed by atoms with Crippen molar-refractivity contribution in [3.05, 3.63) is 47.1 Å². The Bertz CT molecular complexity index is 514. The fourth-order valence-electron chi connectivity index (χ4n) is 1.25. The number of aromatic nitrogens is 1. The molecule has 16 heavy (non-hydrogen) atoms. The molecule has 0 aliphatic heterocycles. The van der Waals surface area contributed by atoms with Crippen LogP contribution in [0.5, 0.6) is 11.6 Å².